The first-order valence-corrected chi connectivity index (χ1v) is 13.3. The van der Waals surface area contributed by atoms with Crippen molar-refractivity contribution in [3.63, 3.8) is 0 Å². The number of ether oxygens (including phenoxy) is 1. The number of carbonyl (C=O) groups is 2. The third-order valence-corrected chi connectivity index (χ3v) is 7.41. The Morgan fingerprint density at radius 1 is 1.08 bits per heavy atom. The predicted molar refractivity (Wildman–Crippen MR) is 135 cm³/mol. The topological polar surface area (TPSA) is 110 Å². The molecule has 1 aromatic heterocycles. The number of rotatable bonds is 10. The van der Waals surface area contributed by atoms with Crippen LogP contribution in [0.15, 0.2) is 28.8 Å². The van der Waals surface area contributed by atoms with Crippen LogP contribution in [-0.2, 0) is 21.5 Å². The Labute approximate surface area is 213 Å². The van der Waals surface area contributed by atoms with Crippen LogP contribution in [0.1, 0.15) is 88.0 Å². The molecule has 2 fully saturated rings. The molecule has 36 heavy (non-hydrogen) atoms. The minimum atomic E-state index is -0.576. The van der Waals surface area contributed by atoms with Crippen molar-refractivity contribution in [2.24, 2.45) is 0 Å². The largest absolute Gasteiger partial charge is 0.497 e. The van der Waals surface area contributed by atoms with Gasteiger partial charge in [0, 0.05) is 26.3 Å². The molecule has 0 bridgehead atoms. The van der Waals surface area contributed by atoms with Crippen molar-refractivity contribution in [1.82, 2.24) is 25.7 Å². The average molecular weight is 498 g/mol. The van der Waals surface area contributed by atoms with Crippen molar-refractivity contribution in [3.8, 4) is 5.75 Å². The molecule has 1 unspecified atom stereocenters. The van der Waals surface area contributed by atoms with Gasteiger partial charge in [0.25, 0.3) is 0 Å². The maximum absolute atomic E-state index is 12.7. The van der Waals surface area contributed by atoms with Crippen molar-refractivity contribution in [2.75, 3.05) is 26.7 Å². The van der Waals surface area contributed by atoms with E-state index in [0.717, 1.165) is 57.4 Å². The summed E-state index contributed by atoms with van der Waals surface area (Å²) in [6, 6.07) is 8.22. The van der Waals surface area contributed by atoms with Gasteiger partial charge in [-0.1, -0.05) is 43.0 Å². The van der Waals surface area contributed by atoms with Gasteiger partial charge in [-0.3, -0.25) is 14.5 Å². The number of likely N-dealkylation sites (tertiary alicyclic amines) is 1. The number of nitrogens with one attached hydrogen (secondary N) is 2. The van der Waals surface area contributed by atoms with E-state index in [0.29, 0.717) is 24.7 Å². The lowest BCUT2D eigenvalue weighted by Crippen LogP contribution is -2.45. The number of carbonyl (C=O) groups excluding carboxylic acids is 2. The van der Waals surface area contributed by atoms with Crippen LogP contribution >= 0.6 is 0 Å². The Hall–Kier alpha value is -2.94. The second-order valence-electron chi connectivity index (χ2n) is 10.0. The van der Waals surface area contributed by atoms with Crippen LogP contribution in [-0.4, -0.2) is 53.6 Å². The molecule has 1 aromatic carbocycles. The monoisotopic (exact) mass is 497 g/mol. The number of nitrogens with zero attached hydrogens (tertiary/aromatic N) is 3. The van der Waals surface area contributed by atoms with E-state index in [4.69, 9.17) is 9.26 Å². The number of hydrogen-bond acceptors (Lipinski definition) is 7. The Kier molecular flexibility index (Phi) is 8.96. The Morgan fingerprint density at radius 2 is 1.78 bits per heavy atom. The number of benzene rings is 1. The summed E-state index contributed by atoms with van der Waals surface area (Å²) in [4.78, 5) is 31.7. The van der Waals surface area contributed by atoms with Gasteiger partial charge in [0.1, 0.15) is 11.3 Å². The first-order valence-electron chi connectivity index (χ1n) is 13.3. The Morgan fingerprint density at radius 3 is 2.42 bits per heavy atom. The van der Waals surface area contributed by atoms with Crippen LogP contribution in [0.2, 0.25) is 0 Å². The zero-order valence-electron chi connectivity index (χ0n) is 21.6. The first-order chi connectivity index (χ1) is 17.5. The SMILES string of the molecule is COc1ccc(C(CNC(=O)CCc2nc(C3(NC(C)=O)CCCCCC3)no2)N2CCCC2)cc1. The molecule has 9 nitrogen and oxygen atoms in total. The smallest absolute Gasteiger partial charge is 0.227 e. The summed E-state index contributed by atoms with van der Waals surface area (Å²) in [6.07, 6.45) is 8.90. The van der Waals surface area contributed by atoms with Crippen molar-refractivity contribution in [2.45, 2.75) is 82.7 Å². The van der Waals surface area contributed by atoms with E-state index in [1.807, 2.05) is 12.1 Å². The average Bonchev–Trinajstić information content (AvgIpc) is 3.53. The Bertz CT molecular complexity index is 992. The van der Waals surface area contributed by atoms with Crippen LogP contribution in [0.3, 0.4) is 0 Å². The maximum atomic E-state index is 12.7. The summed E-state index contributed by atoms with van der Waals surface area (Å²) in [5, 5.41) is 10.4. The molecule has 2 N–H and O–H groups in total. The first kappa shape index (κ1) is 26.1. The van der Waals surface area contributed by atoms with Crippen LogP contribution in [0.5, 0.6) is 5.75 Å². The molecule has 1 saturated heterocycles. The van der Waals surface area contributed by atoms with Gasteiger partial charge >= 0.3 is 0 Å². The minimum absolute atomic E-state index is 0.0431. The molecule has 9 heteroatoms. The van der Waals surface area contributed by atoms with Crippen molar-refractivity contribution in [1.29, 1.82) is 0 Å². The quantitative estimate of drug-likeness (QED) is 0.482. The normalized spacial score (nSPS) is 18.8. The second-order valence-corrected chi connectivity index (χ2v) is 10.0. The molecule has 2 aliphatic rings. The molecular formula is C27H39N5O4. The summed E-state index contributed by atoms with van der Waals surface area (Å²) in [5.41, 5.74) is 0.597. The second kappa shape index (κ2) is 12.3. The highest BCUT2D eigenvalue weighted by molar-refractivity contribution is 5.76. The molecule has 2 heterocycles. The molecule has 1 aliphatic carbocycles. The molecule has 4 rings (SSSR count). The van der Waals surface area contributed by atoms with Crippen molar-refractivity contribution < 1.29 is 18.8 Å². The molecule has 1 saturated carbocycles. The molecule has 0 spiro atoms. The lowest BCUT2D eigenvalue weighted by molar-refractivity contribution is -0.122. The third kappa shape index (κ3) is 6.63. The van der Waals surface area contributed by atoms with Crippen LogP contribution in [0.25, 0.3) is 0 Å². The zero-order valence-corrected chi connectivity index (χ0v) is 21.6. The lowest BCUT2D eigenvalue weighted by atomic mass is 9.89. The number of hydrogen-bond donors (Lipinski definition) is 2. The van der Waals surface area contributed by atoms with E-state index in [1.165, 1.54) is 25.3 Å². The number of amides is 2. The van der Waals surface area contributed by atoms with Gasteiger partial charge in [-0.2, -0.15) is 4.98 Å². The van der Waals surface area contributed by atoms with Crippen molar-refractivity contribution >= 4 is 11.8 Å². The molecule has 0 radical (unpaired) electrons. The van der Waals surface area contributed by atoms with Gasteiger partial charge in [-0.15, -0.1) is 0 Å². The van der Waals surface area contributed by atoms with Gasteiger partial charge in [-0.25, -0.2) is 0 Å². The fraction of sp³-hybridized carbons (Fsp3) is 0.630. The van der Waals surface area contributed by atoms with Gasteiger partial charge in [0.15, 0.2) is 5.82 Å². The molecule has 196 valence electrons. The fourth-order valence-electron chi connectivity index (χ4n) is 5.48. The van der Waals surface area contributed by atoms with E-state index in [1.54, 1.807) is 7.11 Å². The summed E-state index contributed by atoms with van der Waals surface area (Å²) in [6.45, 7) is 4.14. The number of methoxy groups -OCH3 is 1. The van der Waals surface area contributed by atoms with Crippen LogP contribution in [0.4, 0.5) is 0 Å². The highest BCUT2D eigenvalue weighted by atomic mass is 16.5. The van der Waals surface area contributed by atoms with Gasteiger partial charge in [-0.05, 0) is 56.5 Å². The summed E-state index contributed by atoms with van der Waals surface area (Å²) in [5.74, 6) is 1.65. The van der Waals surface area contributed by atoms with E-state index >= 15 is 0 Å². The molecule has 1 aliphatic heterocycles. The van der Waals surface area contributed by atoms with Gasteiger partial charge in [0.2, 0.25) is 17.7 Å². The highest BCUT2D eigenvalue weighted by Gasteiger charge is 2.38. The van der Waals surface area contributed by atoms with E-state index < -0.39 is 5.54 Å². The number of aryl methyl sites for hydroxylation is 1. The van der Waals surface area contributed by atoms with E-state index in [-0.39, 0.29) is 24.3 Å². The lowest BCUT2D eigenvalue weighted by Gasteiger charge is -2.30. The summed E-state index contributed by atoms with van der Waals surface area (Å²) < 4.78 is 10.8. The van der Waals surface area contributed by atoms with Gasteiger partial charge in [0.05, 0.1) is 13.2 Å². The molecule has 2 amide bonds. The van der Waals surface area contributed by atoms with Crippen LogP contribution < -0.4 is 15.4 Å². The van der Waals surface area contributed by atoms with E-state index in [2.05, 4.69) is 37.8 Å². The third-order valence-electron chi connectivity index (χ3n) is 7.41. The van der Waals surface area contributed by atoms with Gasteiger partial charge < -0.3 is 19.9 Å². The number of aromatic nitrogens is 2. The molecule has 1 atom stereocenters. The molecule has 2 aromatic rings. The Balaban J connectivity index is 1.34. The maximum Gasteiger partial charge on any atom is 0.227 e. The summed E-state index contributed by atoms with van der Waals surface area (Å²) >= 11 is 0. The highest BCUT2D eigenvalue weighted by Crippen LogP contribution is 2.34. The van der Waals surface area contributed by atoms with Crippen LogP contribution in [0, 0.1) is 0 Å². The van der Waals surface area contributed by atoms with E-state index in [9.17, 15) is 9.59 Å². The fourth-order valence-corrected chi connectivity index (χ4v) is 5.48. The summed E-state index contributed by atoms with van der Waals surface area (Å²) in [7, 11) is 1.66. The standard InChI is InChI=1S/C27H39N5O4/c1-20(33)30-27(15-5-3-4-6-16-27)26-29-25(36-31-26)14-13-24(34)28-19-23(32-17-7-8-18-32)21-9-11-22(35-2)12-10-21/h9-12,23H,3-8,13-19H2,1-2H3,(H,28,34)(H,30,33). The predicted octanol–water partition coefficient (Wildman–Crippen LogP) is 3.65. The van der Waals surface area contributed by atoms with Crippen molar-refractivity contribution in [3.05, 3.63) is 41.5 Å². The molecular weight excluding hydrogens is 458 g/mol. The minimum Gasteiger partial charge on any atom is -0.497 e. The zero-order chi connectivity index (χ0) is 25.4.